The molecule has 0 aromatic carbocycles. The summed E-state index contributed by atoms with van der Waals surface area (Å²) in [6, 6.07) is 1.05. The van der Waals surface area contributed by atoms with Crippen molar-refractivity contribution in [1.82, 2.24) is 14.8 Å². The maximum absolute atomic E-state index is 12.6. The number of carbonyl (C=O) groups is 1. The molecule has 0 radical (unpaired) electrons. The zero-order chi connectivity index (χ0) is 14.7. The van der Waals surface area contributed by atoms with Gasteiger partial charge in [0, 0.05) is 30.4 Å². The summed E-state index contributed by atoms with van der Waals surface area (Å²) in [6.07, 6.45) is 6.29. The van der Waals surface area contributed by atoms with Crippen molar-refractivity contribution < 1.29 is 4.79 Å². The molecule has 3 heterocycles. The summed E-state index contributed by atoms with van der Waals surface area (Å²) in [5, 5.41) is 2.05. The van der Waals surface area contributed by atoms with Crippen LogP contribution in [-0.2, 0) is 11.2 Å². The smallest absolute Gasteiger partial charge is 0.223 e. The highest BCUT2D eigenvalue weighted by Gasteiger charge is 2.38. The fourth-order valence-electron chi connectivity index (χ4n) is 3.92. The first-order valence-electron chi connectivity index (χ1n) is 8.20. The average Bonchev–Trinajstić information content (AvgIpc) is 3.23. The molecule has 0 bridgehead atoms. The van der Waals surface area contributed by atoms with E-state index in [2.05, 4.69) is 21.7 Å². The monoisotopic (exact) mass is 307 g/mol. The molecule has 2 aliphatic heterocycles. The minimum absolute atomic E-state index is 0.327. The number of hydrogen-bond acceptors (Lipinski definition) is 4. The molecule has 3 rings (SSSR count). The summed E-state index contributed by atoms with van der Waals surface area (Å²) in [7, 11) is 0. The molecule has 1 aromatic heterocycles. The van der Waals surface area contributed by atoms with Crippen LogP contribution in [0.4, 0.5) is 0 Å². The summed E-state index contributed by atoms with van der Waals surface area (Å²) >= 11 is 1.61. The van der Waals surface area contributed by atoms with Gasteiger partial charge in [-0.3, -0.25) is 9.69 Å². The SMILES string of the molecule is CCN1CCCC1C1CCCN1C(=O)CCc1cscn1. The third kappa shape index (κ3) is 3.29. The van der Waals surface area contributed by atoms with Crippen LogP contribution in [0.2, 0.25) is 0 Å². The number of likely N-dealkylation sites (N-methyl/N-ethyl adjacent to an activating group) is 1. The second kappa shape index (κ2) is 6.88. The van der Waals surface area contributed by atoms with Gasteiger partial charge in [0.1, 0.15) is 0 Å². The summed E-state index contributed by atoms with van der Waals surface area (Å²) in [4.78, 5) is 21.6. The van der Waals surface area contributed by atoms with Gasteiger partial charge in [-0.25, -0.2) is 4.98 Å². The molecule has 116 valence electrons. The number of thiazole rings is 1. The number of aryl methyl sites for hydroxylation is 1. The van der Waals surface area contributed by atoms with Crippen molar-refractivity contribution >= 4 is 17.2 Å². The molecule has 2 fully saturated rings. The van der Waals surface area contributed by atoms with E-state index in [1.54, 1.807) is 11.3 Å². The predicted molar refractivity (Wildman–Crippen MR) is 85.4 cm³/mol. The topological polar surface area (TPSA) is 36.4 Å². The molecule has 1 aromatic rings. The summed E-state index contributed by atoms with van der Waals surface area (Å²) < 4.78 is 0. The van der Waals surface area contributed by atoms with Crippen molar-refractivity contribution in [3.05, 3.63) is 16.6 Å². The second-order valence-corrected chi connectivity index (χ2v) is 6.83. The number of carbonyl (C=O) groups excluding carboxylic acids is 1. The van der Waals surface area contributed by atoms with Gasteiger partial charge in [-0.15, -0.1) is 11.3 Å². The molecular weight excluding hydrogens is 282 g/mol. The number of rotatable bonds is 5. The van der Waals surface area contributed by atoms with Crippen LogP contribution in [0.5, 0.6) is 0 Å². The van der Waals surface area contributed by atoms with E-state index in [-0.39, 0.29) is 0 Å². The van der Waals surface area contributed by atoms with E-state index in [4.69, 9.17) is 0 Å². The van der Waals surface area contributed by atoms with Crippen LogP contribution < -0.4 is 0 Å². The van der Waals surface area contributed by atoms with Crippen molar-refractivity contribution in [3.8, 4) is 0 Å². The van der Waals surface area contributed by atoms with E-state index in [1.165, 1.54) is 32.2 Å². The molecule has 0 spiro atoms. The van der Waals surface area contributed by atoms with Gasteiger partial charge in [0.05, 0.1) is 11.2 Å². The molecule has 5 heteroatoms. The normalized spacial score (nSPS) is 26.6. The first-order chi connectivity index (χ1) is 10.3. The minimum Gasteiger partial charge on any atom is -0.338 e. The number of aromatic nitrogens is 1. The predicted octanol–water partition coefficient (Wildman–Crippen LogP) is 2.55. The first kappa shape index (κ1) is 15.0. The number of hydrogen-bond donors (Lipinski definition) is 0. The van der Waals surface area contributed by atoms with Crippen molar-refractivity contribution in [1.29, 1.82) is 0 Å². The zero-order valence-electron chi connectivity index (χ0n) is 12.8. The van der Waals surface area contributed by atoms with Gasteiger partial charge < -0.3 is 4.90 Å². The van der Waals surface area contributed by atoms with Gasteiger partial charge in [0.2, 0.25) is 5.91 Å². The van der Waals surface area contributed by atoms with Gasteiger partial charge in [-0.1, -0.05) is 6.92 Å². The summed E-state index contributed by atoms with van der Waals surface area (Å²) in [5.74, 6) is 0.327. The molecule has 0 aliphatic carbocycles. The Morgan fingerprint density at radius 1 is 1.33 bits per heavy atom. The molecule has 4 nitrogen and oxygen atoms in total. The lowest BCUT2D eigenvalue weighted by molar-refractivity contribution is -0.133. The first-order valence-corrected chi connectivity index (χ1v) is 9.14. The molecule has 0 saturated carbocycles. The van der Waals surface area contributed by atoms with E-state index in [0.29, 0.717) is 24.4 Å². The second-order valence-electron chi connectivity index (χ2n) is 6.11. The van der Waals surface area contributed by atoms with E-state index in [9.17, 15) is 4.79 Å². The quantitative estimate of drug-likeness (QED) is 0.839. The van der Waals surface area contributed by atoms with Crippen molar-refractivity contribution in [3.63, 3.8) is 0 Å². The Morgan fingerprint density at radius 2 is 2.14 bits per heavy atom. The van der Waals surface area contributed by atoms with Crippen LogP contribution in [0.25, 0.3) is 0 Å². The fraction of sp³-hybridized carbons (Fsp3) is 0.750. The average molecular weight is 307 g/mol. The number of nitrogens with zero attached hydrogens (tertiary/aromatic N) is 3. The van der Waals surface area contributed by atoms with Gasteiger partial charge in [0.15, 0.2) is 0 Å². The fourth-order valence-corrected chi connectivity index (χ4v) is 4.51. The van der Waals surface area contributed by atoms with Crippen LogP contribution in [0.1, 0.15) is 44.7 Å². The Labute approximate surface area is 131 Å². The van der Waals surface area contributed by atoms with Crippen molar-refractivity contribution in [2.24, 2.45) is 0 Å². The maximum atomic E-state index is 12.6. The Hall–Kier alpha value is -0.940. The van der Waals surface area contributed by atoms with Gasteiger partial charge in [-0.2, -0.15) is 0 Å². The molecule has 2 aliphatic rings. The Bertz CT molecular complexity index is 462. The minimum atomic E-state index is 0.327. The van der Waals surface area contributed by atoms with Crippen LogP contribution in [0, 0.1) is 0 Å². The molecule has 2 atom stereocenters. The van der Waals surface area contributed by atoms with Gasteiger partial charge in [-0.05, 0) is 45.2 Å². The molecule has 21 heavy (non-hydrogen) atoms. The van der Waals surface area contributed by atoms with Gasteiger partial charge in [0.25, 0.3) is 0 Å². The standard InChI is InChI=1S/C16H25N3OS/c1-2-18-9-3-5-14(18)15-6-4-10-19(15)16(20)8-7-13-11-21-12-17-13/h11-12,14-15H,2-10H2,1H3. The van der Waals surface area contributed by atoms with Crippen LogP contribution >= 0.6 is 11.3 Å². The third-order valence-electron chi connectivity index (χ3n) is 4.96. The van der Waals surface area contributed by atoms with E-state index in [1.807, 2.05) is 10.9 Å². The highest BCUT2D eigenvalue weighted by Crippen LogP contribution is 2.30. The van der Waals surface area contributed by atoms with Crippen molar-refractivity contribution in [2.75, 3.05) is 19.6 Å². The highest BCUT2D eigenvalue weighted by atomic mass is 32.1. The van der Waals surface area contributed by atoms with Crippen LogP contribution in [-0.4, -0.2) is 52.4 Å². The Kier molecular flexibility index (Phi) is 4.91. The lowest BCUT2D eigenvalue weighted by Crippen LogP contribution is -2.48. The number of likely N-dealkylation sites (tertiary alicyclic amines) is 2. The molecular formula is C16H25N3OS. The summed E-state index contributed by atoms with van der Waals surface area (Å²) in [6.45, 7) is 5.51. The lowest BCUT2D eigenvalue weighted by Gasteiger charge is -2.34. The maximum Gasteiger partial charge on any atom is 0.223 e. The molecule has 2 unspecified atom stereocenters. The zero-order valence-corrected chi connectivity index (χ0v) is 13.6. The van der Waals surface area contributed by atoms with Crippen LogP contribution in [0.3, 0.4) is 0 Å². The van der Waals surface area contributed by atoms with E-state index >= 15 is 0 Å². The van der Waals surface area contributed by atoms with Crippen molar-refractivity contribution in [2.45, 2.75) is 57.5 Å². The van der Waals surface area contributed by atoms with Crippen LogP contribution in [0.15, 0.2) is 10.9 Å². The summed E-state index contributed by atoms with van der Waals surface area (Å²) in [5.41, 5.74) is 2.90. The van der Waals surface area contributed by atoms with E-state index < -0.39 is 0 Å². The molecule has 0 N–H and O–H groups in total. The Balaban J connectivity index is 1.59. The largest absolute Gasteiger partial charge is 0.338 e. The van der Waals surface area contributed by atoms with E-state index in [0.717, 1.165) is 25.2 Å². The lowest BCUT2D eigenvalue weighted by atomic mass is 10.0. The molecule has 2 saturated heterocycles. The Morgan fingerprint density at radius 3 is 2.90 bits per heavy atom. The number of amides is 1. The highest BCUT2D eigenvalue weighted by molar-refractivity contribution is 7.07. The van der Waals surface area contributed by atoms with Gasteiger partial charge >= 0.3 is 0 Å². The molecule has 1 amide bonds. The third-order valence-corrected chi connectivity index (χ3v) is 5.60.